The summed E-state index contributed by atoms with van der Waals surface area (Å²) >= 11 is 0. The number of H-pyrrole nitrogens is 2. The molecule has 0 saturated heterocycles. The molecule has 0 aliphatic carbocycles. The fourth-order valence-electron chi connectivity index (χ4n) is 3.72. The minimum Gasteiger partial charge on any atom is -0.493 e. The highest BCUT2D eigenvalue weighted by Gasteiger charge is 2.21. The maximum Gasteiger partial charge on any atom is 0.304 e. The van der Waals surface area contributed by atoms with Crippen LogP contribution in [0, 0.1) is 6.92 Å². The Hall–Kier alpha value is -3.74. The van der Waals surface area contributed by atoms with Crippen LogP contribution in [0.5, 0.6) is 5.75 Å². The van der Waals surface area contributed by atoms with Gasteiger partial charge in [-0.3, -0.25) is 4.79 Å². The lowest BCUT2D eigenvalue weighted by Gasteiger charge is -2.15. The van der Waals surface area contributed by atoms with E-state index in [1.807, 2.05) is 55.6 Å². The third-order valence-corrected chi connectivity index (χ3v) is 5.30. The average molecular weight is 418 g/mol. The highest BCUT2D eigenvalue weighted by molar-refractivity contribution is 5.86. The van der Waals surface area contributed by atoms with Gasteiger partial charge in [-0.1, -0.05) is 29.8 Å². The van der Waals surface area contributed by atoms with Gasteiger partial charge in [0.15, 0.2) is 5.95 Å². The zero-order valence-electron chi connectivity index (χ0n) is 17.4. The number of benzene rings is 2. The number of aliphatic carboxylic acids is 1. The van der Waals surface area contributed by atoms with Gasteiger partial charge >= 0.3 is 5.97 Å². The van der Waals surface area contributed by atoms with E-state index < -0.39 is 5.97 Å². The fraction of sp³-hybridized carbons (Fsp3) is 0.250. The Morgan fingerprint density at radius 3 is 2.77 bits per heavy atom. The number of carboxylic acid groups (broad SMARTS) is 1. The van der Waals surface area contributed by atoms with Crippen LogP contribution in [0.25, 0.3) is 10.9 Å². The molecule has 0 fully saturated rings. The smallest absolute Gasteiger partial charge is 0.304 e. The van der Waals surface area contributed by atoms with Gasteiger partial charge in [0, 0.05) is 48.0 Å². The van der Waals surface area contributed by atoms with Crippen molar-refractivity contribution in [3.05, 3.63) is 77.7 Å². The molecule has 1 atom stereocenters. The second-order valence-corrected chi connectivity index (χ2v) is 7.58. The van der Waals surface area contributed by atoms with Gasteiger partial charge in [0.05, 0.1) is 13.0 Å². The van der Waals surface area contributed by atoms with Crippen molar-refractivity contribution in [3.63, 3.8) is 0 Å². The van der Waals surface area contributed by atoms with Crippen molar-refractivity contribution >= 4 is 22.8 Å². The van der Waals surface area contributed by atoms with E-state index in [-0.39, 0.29) is 12.3 Å². The maximum atomic E-state index is 11.5. The Balaban J connectivity index is 1.45. The van der Waals surface area contributed by atoms with Crippen molar-refractivity contribution in [2.75, 3.05) is 18.5 Å². The summed E-state index contributed by atoms with van der Waals surface area (Å²) < 4.78 is 5.88. The quantitative estimate of drug-likeness (QED) is 0.280. The minimum absolute atomic E-state index is 0.0386. The number of imidazole rings is 1. The topological polar surface area (TPSA) is 103 Å². The van der Waals surface area contributed by atoms with Crippen molar-refractivity contribution in [3.8, 4) is 5.75 Å². The van der Waals surface area contributed by atoms with Gasteiger partial charge in [-0.15, -0.1) is 0 Å². The second-order valence-electron chi connectivity index (χ2n) is 7.58. The normalized spacial score (nSPS) is 12.0. The van der Waals surface area contributed by atoms with Crippen molar-refractivity contribution < 1.29 is 14.6 Å². The van der Waals surface area contributed by atoms with Crippen LogP contribution in [0.2, 0.25) is 0 Å². The van der Waals surface area contributed by atoms with Crippen molar-refractivity contribution in [2.24, 2.45) is 0 Å². The van der Waals surface area contributed by atoms with Crippen molar-refractivity contribution in [1.82, 2.24) is 15.0 Å². The number of anilines is 1. The SMILES string of the molecule is Cc1ccc(C(CC(=O)O)c2c[nH]c3cc(OCCCNc4ncc[nH]4)ccc23)cc1. The molecule has 0 radical (unpaired) electrons. The molecule has 31 heavy (non-hydrogen) atoms. The number of nitrogens with zero attached hydrogens (tertiary/aromatic N) is 1. The number of fused-ring (bicyclic) bond motifs is 1. The lowest BCUT2D eigenvalue weighted by molar-refractivity contribution is -0.137. The van der Waals surface area contributed by atoms with Crippen LogP contribution >= 0.6 is 0 Å². The Bertz CT molecular complexity index is 1130. The van der Waals surface area contributed by atoms with E-state index in [9.17, 15) is 9.90 Å². The number of hydrogen-bond acceptors (Lipinski definition) is 4. The van der Waals surface area contributed by atoms with Crippen LogP contribution < -0.4 is 10.1 Å². The number of aromatic amines is 2. The molecule has 0 aliphatic heterocycles. The van der Waals surface area contributed by atoms with Crippen LogP contribution in [0.15, 0.2) is 61.1 Å². The van der Waals surface area contributed by atoms with E-state index in [2.05, 4.69) is 20.3 Å². The second kappa shape index (κ2) is 9.38. The molecule has 0 bridgehead atoms. The first kappa shape index (κ1) is 20.5. The van der Waals surface area contributed by atoms with E-state index in [0.717, 1.165) is 52.3 Å². The van der Waals surface area contributed by atoms with E-state index >= 15 is 0 Å². The zero-order valence-corrected chi connectivity index (χ0v) is 17.4. The molecule has 7 heteroatoms. The van der Waals surface area contributed by atoms with E-state index in [4.69, 9.17) is 4.74 Å². The van der Waals surface area contributed by atoms with Gasteiger partial charge in [-0.25, -0.2) is 4.98 Å². The molecule has 1 unspecified atom stereocenters. The van der Waals surface area contributed by atoms with Crippen LogP contribution in [0.1, 0.15) is 35.4 Å². The molecule has 160 valence electrons. The molecule has 4 N–H and O–H groups in total. The number of hydrogen-bond donors (Lipinski definition) is 4. The van der Waals surface area contributed by atoms with Gasteiger partial charge in [0.25, 0.3) is 0 Å². The van der Waals surface area contributed by atoms with Crippen LogP contribution in [0.4, 0.5) is 5.95 Å². The summed E-state index contributed by atoms with van der Waals surface area (Å²) in [6.07, 6.45) is 6.27. The van der Waals surface area contributed by atoms with E-state index in [0.29, 0.717) is 6.61 Å². The van der Waals surface area contributed by atoms with E-state index in [1.54, 1.807) is 12.4 Å². The number of carbonyl (C=O) groups is 1. The summed E-state index contributed by atoms with van der Waals surface area (Å²) in [5, 5.41) is 13.7. The first-order valence-corrected chi connectivity index (χ1v) is 10.4. The number of nitrogens with one attached hydrogen (secondary N) is 3. The summed E-state index contributed by atoms with van der Waals surface area (Å²) in [5.41, 5.74) is 4.07. The van der Waals surface area contributed by atoms with Gasteiger partial charge in [-0.2, -0.15) is 0 Å². The summed E-state index contributed by atoms with van der Waals surface area (Å²) in [6.45, 7) is 3.36. The molecule has 4 aromatic rings. The molecule has 2 heterocycles. The molecular weight excluding hydrogens is 392 g/mol. The average Bonchev–Trinajstić information content (AvgIpc) is 3.42. The van der Waals surface area contributed by atoms with E-state index in [1.165, 1.54) is 0 Å². The van der Waals surface area contributed by atoms with Crippen LogP contribution in [-0.2, 0) is 4.79 Å². The van der Waals surface area contributed by atoms with Crippen LogP contribution in [0.3, 0.4) is 0 Å². The molecule has 0 spiro atoms. The predicted molar refractivity (Wildman–Crippen MR) is 121 cm³/mol. The zero-order chi connectivity index (χ0) is 21.6. The molecule has 7 nitrogen and oxygen atoms in total. The number of aryl methyl sites for hydroxylation is 1. The largest absolute Gasteiger partial charge is 0.493 e. The third kappa shape index (κ3) is 5.06. The Morgan fingerprint density at radius 1 is 1.19 bits per heavy atom. The standard InChI is InChI=1S/C24H26N4O3/c1-16-3-5-17(6-4-16)20(14-23(29)30)21-15-28-22-13-18(7-8-19(21)22)31-12-2-9-25-24-26-10-11-27-24/h3-8,10-11,13,15,20,28H,2,9,12,14H2,1H3,(H,29,30)(H2,25,26,27). The summed E-state index contributed by atoms with van der Waals surface area (Å²) in [5.74, 6) is 0.503. The molecule has 2 aromatic heterocycles. The van der Waals surface area contributed by atoms with Gasteiger partial charge in [0.2, 0.25) is 0 Å². The lowest BCUT2D eigenvalue weighted by Crippen LogP contribution is -2.08. The highest BCUT2D eigenvalue weighted by atomic mass is 16.5. The fourth-order valence-corrected chi connectivity index (χ4v) is 3.72. The van der Waals surface area contributed by atoms with Gasteiger partial charge in [-0.05, 0) is 36.6 Å². The molecule has 0 amide bonds. The van der Waals surface area contributed by atoms with Crippen LogP contribution in [-0.4, -0.2) is 39.2 Å². The van der Waals surface area contributed by atoms with Gasteiger partial charge in [0.1, 0.15) is 5.75 Å². The summed E-state index contributed by atoms with van der Waals surface area (Å²) in [6, 6.07) is 14.0. The third-order valence-electron chi connectivity index (χ3n) is 5.30. The lowest BCUT2D eigenvalue weighted by atomic mass is 9.88. The Morgan fingerprint density at radius 2 is 2.03 bits per heavy atom. The first-order chi connectivity index (χ1) is 15.1. The molecule has 0 saturated carbocycles. The molecular formula is C24H26N4O3. The van der Waals surface area contributed by atoms with Gasteiger partial charge < -0.3 is 25.1 Å². The number of rotatable bonds is 10. The predicted octanol–water partition coefficient (Wildman–Crippen LogP) is 4.69. The number of aromatic nitrogens is 3. The summed E-state index contributed by atoms with van der Waals surface area (Å²) in [7, 11) is 0. The molecule has 0 aliphatic rings. The monoisotopic (exact) mass is 418 g/mol. The first-order valence-electron chi connectivity index (χ1n) is 10.4. The minimum atomic E-state index is -0.817. The summed E-state index contributed by atoms with van der Waals surface area (Å²) in [4.78, 5) is 21.9. The Kier molecular flexibility index (Phi) is 6.21. The maximum absolute atomic E-state index is 11.5. The van der Waals surface area contributed by atoms with Crippen molar-refractivity contribution in [1.29, 1.82) is 0 Å². The van der Waals surface area contributed by atoms with Crippen molar-refractivity contribution in [2.45, 2.75) is 25.7 Å². The number of carboxylic acids is 1. The highest BCUT2D eigenvalue weighted by Crippen LogP contribution is 2.34. The number of ether oxygens (including phenoxy) is 1. The molecule has 4 rings (SSSR count). The Labute approximate surface area is 180 Å². The molecule has 2 aromatic carbocycles.